The second-order valence-corrected chi connectivity index (χ2v) is 3.46. The van der Waals surface area contributed by atoms with E-state index in [1.54, 1.807) is 0 Å². The van der Waals surface area contributed by atoms with Crippen LogP contribution in [0.4, 0.5) is 0 Å². The number of benzene rings is 1. The number of allylic oxidation sites excluding steroid dienone is 2. The monoisotopic (exact) mass is 190 g/mol. The lowest BCUT2D eigenvalue weighted by molar-refractivity contribution is 0.196. The molecule has 0 bridgehead atoms. The largest absolute Gasteiger partial charge is 0.494 e. The summed E-state index contributed by atoms with van der Waals surface area (Å²) in [7, 11) is 0. The zero-order chi connectivity index (χ0) is 10.4. The zero-order valence-electron chi connectivity index (χ0n) is 9.21. The first kappa shape index (κ1) is 10.8. The summed E-state index contributed by atoms with van der Waals surface area (Å²) in [6.07, 6.45) is 1.06. The van der Waals surface area contributed by atoms with Crippen LogP contribution in [0.2, 0.25) is 0 Å². The van der Waals surface area contributed by atoms with Crippen molar-refractivity contribution in [3.8, 4) is 0 Å². The van der Waals surface area contributed by atoms with Crippen LogP contribution in [0.1, 0.15) is 32.8 Å². The molecule has 0 aliphatic rings. The fourth-order valence-electron chi connectivity index (χ4n) is 1.14. The summed E-state index contributed by atoms with van der Waals surface area (Å²) in [5, 5.41) is 0. The molecule has 0 amide bonds. The van der Waals surface area contributed by atoms with Gasteiger partial charge in [-0.25, -0.2) is 0 Å². The number of rotatable bonds is 4. The highest BCUT2D eigenvalue weighted by atomic mass is 16.5. The Hall–Kier alpha value is -1.24. The van der Waals surface area contributed by atoms with E-state index >= 15 is 0 Å². The first-order chi connectivity index (χ1) is 6.74. The molecular formula is C13H18O. The average Bonchev–Trinajstić information content (AvgIpc) is 2.26. The van der Waals surface area contributed by atoms with Crippen molar-refractivity contribution >= 4 is 0 Å². The van der Waals surface area contributed by atoms with Crippen LogP contribution in [0.15, 0.2) is 41.7 Å². The second kappa shape index (κ2) is 5.48. The van der Waals surface area contributed by atoms with E-state index in [-0.39, 0.29) is 0 Å². The molecule has 0 saturated heterocycles. The van der Waals surface area contributed by atoms with E-state index in [0.717, 1.165) is 12.2 Å². The predicted molar refractivity (Wildman–Crippen MR) is 59.9 cm³/mol. The van der Waals surface area contributed by atoms with Gasteiger partial charge in [0, 0.05) is 0 Å². The van der Waals surface area contributed by atoms with Crippen molar-refractivity contribution in [3.63, 3.8) is 0 Å². The number of ether oxygens (including phenoxy) is 1. The predicted octanol–water partition coefficient (Wildman–Crippen LogP) is 3.91. The fourth-order valence-corrected chi connectivity index (χ4v) is 1.14. The number of hydrogen-bond donors (Lipinski definition) is 0. The minimum absolute atomic E-state index is 0.671. The van der Waals surface area contributed by atoms with Crippen LogP contribution in [-0.2, 0) is 11.3 Å². The SMILES string of the molecule is CC/C(C)=C(\C)OCc1ccccc1. The highest BCUT2D eigenvalue weighted by Crippen LogP contribution is 2.11. The smallest absolute Gasteiger partial charge is 0.113 e. The van der Waals surface area contributed by atoms with Gasteiger partial charge in [0.1, 0.15) is 6.61 Å². The van der Waals surface area contributed by atoms with E-state index in [4.69, 9.17) is 4.74 Å². The van der Waals surface area contributed by atoms with Crippen LogP contribution in [0.25, 0.3) is 0 Å². The number of hydrogen-bond acceptors (Lipinski definition) is 1. The summed E-state index contributed by atoms with van der Waals surface area (Å²) in [4.78, 5) is 0. The summed E-state index contributed by atoms with van der Waals surface area (Å²) in [5.41, 5.74) is 2.54. The Balaban J connectivity index is 2.50. The van der Waals surface area contributed by atoms with Gasteiger partial charge < -0.3 is 4.74 Å². The van der Waals surface area contributed by atoms with Crippen LogP contribution in [0, 0.1) is 0 Å². The third kappa shape index (κ3) is 3.25. The van der Waals surface area contributed by atoms with Gasteiger partial charge in [-0.15, -0.1) is 0 Å². The van der Waals surface area contributed by atoms with Crippen molar-refractivity contribution in [1.82, 2.24) is 0 Å². The van der Waals surface area contributed by atoms with Gasteiger partial charge in [0.05, 0.1) is 5.76 Å². The van der Waals surface area contributed by atoms with Gasteiger partial charge in [-0.05, 0) is 31.4 Å². The molecule has 0 aliphatic carbocycles. The Labute approximate surface area is 86.4 Å². The Bertz CT molecular complexity index is 298. The molecule has 14 heavy (non-hydrogen) atoms. The molecule has 0 unspecified atom stereocenters. The Morgan fingerprint density at radius 1 is 1.14 bits per heavy atom. The molecule has 0 aromatic heterocycles. The van der Waals surface area contributed by atoms with E-state index in [9.17, 15) is 0 Å². The van der Waals surface area contributed by atoms with Crippen LogP contribution in [-0.4, -0.2) is 0 Å². The van der Waals surface area contributed by atoms with E-state index in [2.05, 4.69) is 26.0 Å². The van der Waals surface area contributed by atoms with Crippen LogP contribution < -0.4 is 0 Å². The van der Waals surface area contributed by atoms with Crippen molar-refractivity contribution in [2.45, 2.75) is 33.8 Å². The molecular weight excluding hydrogens is 172 g/mol. The minimum Gasteiger partial charge on any atom is -0.494 e. The molecule has 0 heterocycles. The van der Waals surface area contributed by atoms with Crippen LogP contribution in [0.3, 0.4) is 0 Å². The van der Waals surface area contributed by atoms with Gasteiger partial charge in [0.25, 0.3) is 0 Å². The summed E-state index contributed by atoms with van der Waals surface area (Å²) in [6.45, 7) is 6.96. The Morgan fingerprint density at radius 3 is 2.36 bits per heavy atom. The van der Waals surface area contributed by atoms with Crippen molar-refractivity contribution in [3.05, 3.63) is 47.2 Å². The second-order valence-electron chi connectivity index (χ2n) is 3.46. The topological polar surface area (TPSA) is 9.23 Å². The summed E-state index contributed by atoms with van der Waals surface area (Å²) >= 11 is 0. The maximum Gasteiger partial charge on any atom is 0.113 e. The van der Waals surface area contributed by atoms with E-state index in [1.807, 2.05) is 25.1 Å². The molecule has 0 N–H and O–H groups in total. The highest BCUT2D eigenvalue weighted by Gasteiger charge is 1.96. The lowest BCUT2D eigenvalue weighted by Gasteiger charge is -2.09. The van der Waals surface area contributed by atoms with Crippen molar-refractivity contribution in [1.29, 1.82) is 0 Å². The molecule has 1 rings (SSSR count). The van der Waals surface area contributed by atoms with E-state index in [1.165, 1.54) is 11.1 Å². The molecule has 1 nitrogen and oxygen atoms in total. The summed E-state index contributed by atoms with van der Waals surface area (Å²) in [6, 6.07) is 10.2. The Kier molecular flexibility index (Phi) is 4.24. The van der Waals surface area contributed by atoms with Gasteiger partial charge in [-0.2, -0.15) is 0 Å². The Morgan fingerprint density at radius 2 is 1.79 bits per heavy atom. The maximum atomic E-state index is 5.66. The highest BCUT2D eigenvalue weighted by molar-refractivity contribution is 5.14. The molecule has 76 valence electrons. The zero-order valence-corrected chi connectivity index (χ0v) is 9.21. The van der Waals surface area contributed by atoms with Crippen LogP contribution >= 0.6 is 0 Å². The molecule has 1 aromatic rings. The molecule has 0 radical (unpaired) electrons. The lowest BCUT2D eigenvalue weighted by Crippen LogP contribution is -1.93. The van der Waals surface area contributed by atoms with Gasteiger partial charge in [0.2, 0.25) is 0 Å². The summed E-state index contributed by atoms with van der Waals surface area (Å²) in [5.74, 6) is 1.05. The standard InChI is InChI=1S/C13H18O/c1-4-11(2)12(3)14-10-13-8-6-5-7-9-13/h5-9H,4,10H2,1-3H3/b12-11+. The lowest BCUT2D eigenvalue weighted by atomic mass is 10.2. The van der Waals surface area contributed by atoms with Crippen LogP contribution in [0.5, 0.6) is 0 Å². The third-order valence-electron chi connectivity index (χ3n) is 2.43. The molecule has 0 spiro atoms. The van der Waals surface area contributed by atoms with Crippen molar-refractivity contribution < 1.29 is 4.74 Å². The molecule has 1 aromatic carbocycles. The maximum absolute atomic E-state index is 5.66. The fraction of sp³-hybridized carbons (Fsp3) is 0.385. The van der Waals surface area contributed by atoms with Gasteiger partial charge >= 0.3 is 0 Å². The van der Waals surface area contributed by atoms with E-state index in [0.29, 0.717) is 6.61 Å². The molecule has 0 aliphatic heterocycles. The van der Waals surface area contributed by atoms with E-state index < -0.39 is 0 Å². The molecule has 1 heteroatoms. The van der Waals surface area contributed by atoms with Crippen molar-refractivity contribution in [2.75, 3.05) is 0 Å². The average molecular weight is 190 g/mol. The quantitative estimate of drug-likeness (QED) is 0.654. The van der Waals surface area contributed by atoms with Crippen molar-refractivity contribution in [2.24, 2.45) is 0 Å². The molecule has 0 saturated carbocycles. The third-order valence-corrected chi connectivity index (χ3v) is 2.43. The minimum atomic E-state index is 0.671. The van der Waals surface area contributed by atoms with Gasteiger partial charge in [-0.1, -0.05) is 37.3 Å². The summed E-state index contributed by atoms with van der Waals surface area (Å²) < 4.78 is 5.66. The molecule has 0 atom stereocenters. The normalized spacial score (nSPS) is 12.2. The first-order valence-electron chi connectivity index (χ1n) is 5.07. The van der Waals surface area contributed by atoms with Gasteiger partial charge in [0.15, 0.2) is 0 Å². The van der Waals surface area contributed by atoms with Gasteiger partial charge in [-0.3, -0.25) is 0 Å². The molecule has 0 fully saturated rings. The first-order valence-corrected chi connectivity index (χ1v) is 5.07.